The zero-order valence-electron chi connectivity index (χ0n) is 9.75. The van der Waals surface area contributed by atoms with E-state index in [1.165, 1.54) is 6.08 Å². The summed E-state index contributed by atoms with van der Waals surface area (Å²) >= 11 is 0. The number of carbonyl (C=O) groups is 1. The molecule has 86 valence electrons. The van der Waals surface area contributed by atoms with Gasteiger partial charge in [-0.25, -0.2) is 0 Å². The van der Waals surface area contributed by atoms with E-state index in [4.69, 9.17) is 9.84 Å². The summed E-state index contributed by atoms with van der Waals surface area (Å²) in [5.74, 6) is -0.828. The average molecular weight is 212 g/mol. The van der Waals surface area contributed by atoms with Crippen molar-refractivity contribution in [1.82, 2.24) is 0 Å². The van der Waals surface area contributed by atoms with Crippen molar-refractivity contribution in [2.45, 2.75) is 51.7 Å². The maximum Gasteiger partial charge on any atom is 0.313 e. The molecule has 1 aliphatic rings. The van der Waals surface area contributed by atoms with Gasteiger partial charge in [-0.05, 0) is 40.0 Å². The number of hydrogen-bond acceptors (Lipinski definition) is 2. The topological polar surface area (TPSA) is 46.5 Å². The Labute approximate surface area is 91.1 Å². The highest BCUT2D eigenvalue weighted by Gasteiger charge is 2.38. The third-order valence-electron chi connectivity index (χ3n) is 3.14. The molecule has 1 rings (SSSR count). The van der Waals surface area contributed by atoms with Crippen molar-refractivity contribution >= 4 is 5.97 Å². The molecule has 1 saturated heterocycles. The fourth-order valence-electron chi connectivity index (χ4n) is 1.95. The predicted octanol–water partition coefficient (Wildman–Crippen LogP) is 2.61. The summed E-state index contributed by atoms with van der Waals surface area (Å²) in [5.41, 5.74) is -0.976. The summed E-state index contributed by atoms with van der Waals surface area (Å²) in [6.45, 7) is 9.37. The number of aliphatic carboxylic acids is 1. The van der Waals surface area contributed by atoms with Crippen LogP contribution in [0.5, 0.6) is 0 Å². The van der Waals surface area contributed by atoms with E-state index in [1.807, 2.05) is 13.8 Å². The van der Waals surface area contributed by atoms with E-state index in [-0.39, 0.29) is 11.7 Å². The van der Waals surface area contributed by atoms with Gasteiger partial charge in [0.1, 0.15) is 0 Å². The lowest BCUT2D eigenvalue weighted by atomic mass is 9.84. The smallest absolute Gasteiger partial charge is 0.313 e. The van der Waals surface area contributed by atoms with Gasteiger partial charge in [0, 0.05) is 0 Å². The highest BCUT2D eigenvalue weighted by molar-refractivity contribution is 5.76. The van der Waals surface area contributed by atoms with Crippen LogP contribution in [0.1, 0.15) is 40.0 Å². The molecular formula is C12H20O3. The molecule has 0 bridgehead atoms. The molecule has 1 fully saturated rings. The van der Waals surface area contributed by atoms with Crippen LogP contribution < -0.4 is 0 Å². The Hall–Kier alpha value is -0.830. The highest BCUT2D eigenvalue weighted by atomic mass is 16.5. The lowest BCUT2D eigenvalue weighted by molar-refractivity contribution is -0.147. The Morgan fingerprint density at radius 3 is 2.67 bits per heavy atom. The molecule has 0 aromatic rings. The maximum absolute atomic E-state index is 11.1. The van der Waals surface area contributed by atoms with Crippen LogP contribution in [0.4, 0.5) is 0 Å². The fraction of sp³-hybridized carbons (Fsp3) is 0.750. The first kappa shape index (κ1) is 12.2. The van der Waals surface area contributed by atoms with Gasteiger partial charge in [0.2, 0.25) is 0 Å². The van der Waals surface area contributed by atoms with Gasteiger partial charge in [-0.1, -0.05) is 6.08 Å². The SMILES string of the molecule is C=CC(C)(CC1CCC(C)(C)O1)C(=O)O. The van der Waals surface area contributed by atoms with E-state index >= 15 is 0 Å². The van der Waals surface area contributed by atoms with Gasteiger partial charge in [-0.3, -0.25) is 4.79 Å². The third kappa shape index (κ3) is 2.81. The fourth-order valence-corrected chi connectivity index (χ4v) is 1.95. The molecular weight excluding hydrogens is 192 g/mol. The van der Waals surface area contributed by atoms with Crippen molar-refractivity contribution < 1.29 is 14.6 Å². The van der Waals surface area contributed by atoms with E-state index in [0.29, 0.717) is 6.42 Å². The van der Waals surface area contributed by atoms with Gasteiger partial charge in [0.15, 0.2) is 0 Å². The number of hydrogen-bond donors (Lipinski definition) is 1. The molecule has 2 atom stereocenters. The van der Waals surface area contributed by atoms with Gasteiger partial charge >= 0.3 is 5.97 Å². The molecule has 15 heavy (non-hydrogen) atoms. The van der Waals surface area contributed by atoms with Crippen LogP contribution in [0.2, 0.25) is 0 Å². The largest absolute Gasteiger partial charge is 0.481 e. The summed E-state index contributed by atoms with van der Waals surface area (Å²) in [4.78, 5) is 11.1. The summed E-state index contributed by atoms with van der Waals surface area (Å²) in [6, 6.07) is 0. The van der Waals surface area contributed by atoms with Gasteiger partial charge < -0.3 is 9.84 Å². The lowest BCUT2D eigenvalue weighted by Gasteiger charge is -2.26. The molecule has 0 radical (unpaired) electrons. The Morgan fingerprint density at radius 1 is 1.73 bits per heavy atom. The number of carboxylic acid groups (broad SMARTS) is 1. The van der Waals surface area contributed by atoms with E-state index in [1.54, 1.807) is 6.92 Å². The maximum atomic E-state index is 11.1. The number of rotatable bonds is 4. The van der Waals surface area contributed by atoms with Gasteiger partial charge in [0.05, 0.1) is 17.1 Å². The molecule has 0 amide bonds. The van der Waals surface area contributed by atoms with Crippen molar-refractivity contribution in [3.63, 3.8) is 0 Å². The standard InChI is InChI=1S/C12H20O3/c1-5-12(4,10(13)14)8-9-6-7-11(2,3)15-9/h5,9H,1,6-8H2,2-4H3,(H,13,14). The normalized spacial score (nSPS) is 28.3. The van der Waals surface area contributed by atoms with Crippen molar-refractivity contribution in [3.8, 4) is 0 Å². The van der Waals surface area contributed by atoms with Crippen LogP contribution in [0.3, 0.4) is 0 Å². The highest BCUT2D eigenvalue weighted by Crippen LogP contribution is 2.36. The van der Waals surface area contributed by atoms with Crippen molar-refractivity contribution in [2.75, 3.05) is 0 Å². The Kier molecular flexibility index (Phi) is 3.24. The van der Waals surface area contributed by atoms with Crippen LogP contribution in [0, 0.1) is 5.41 Å². The molecule has 0 aliphatic carbocycles. The first-order valence-corrected chi connectivity index (χ1v) is 5.34. The predicted molar refractivity (Wildman–Crippen MR) is 58.7 cm³/mol. The third-order valence-corrected chi connectivity index (χ3v) is 3.14. The summed E-state index contributed by atoms with van der Waals surface area (Å²) < 4.78 is 5.79. The average Bonchev–Trinajstić information content (AvgIpc) is 2.45. The zero-order chi connectivity index (χ0) is 11.7. The van der Waals surface area contributed by atoms with Crippen molar-refractivity contribution in [3.05, 3.63) is 12.7 Å². The van der Waals surface area contributed by atoms with Crippen molar-refractivity contribution in [1.29, 1.82) is 0 Å². The van der Waals surface area contributed by atoms with Crippen molar-refractivity contribution in [2.24, 2.45) is 5.41 Å². The minimum atomic E-state index is -0.870. The van der Waals surface area contributed by atoms with Crippen LogP contribution in [0.15, 0.2) is 12.7 Å². The second-order valence-corrected chi connectivity index (χ2v) is 5.17. The zero-order valence-corrected chi connectivity index (χ0v) is 9.75. The van der Waals surface area contributed by atoms with Gasteiger partial charge in [-0.2, -0.15) is 0 Å². The molecule has 2 unspecified atom stereocenters. The molecule has 0 aromatic carbocycles. The lowest BCUT2D eigenvalue weighted by Crippen LogP contribution is -2.31. The molecule has 3 nitrogen and oxygen atoms in total. The Balaban J connectivity index is 2.62. The molecule has 1 heterocycles. The minimum Gasteiger partial charge on any atom is -0.481 e. The molecule has 3 heteroatoms. The van der Waals surface area contributed by atoms with E-state index in [0.717, 1.165) is 12.8 Å². The first-order valence-electron chi connectivity index (χ1n) is 5.34. The molecule has 0 aromatic heterocycles. The number of ether oxygens (including phenoxy) is 1. The first-order chi connectivity index (χ1) is 6.79. The second-order valence-electron chi connectivity index (χ2n) is 5.17. The second kappa shape index (κ2) is 3.97. The summed E-state index contributed by atoms with van der Waals surface area (Å²) in [5, 5.41) is 9.10. The van der Waals surface area contributed by atoms with Gasteiger partial charge in [-0.15, -0.1) is 6.58 Å². The molecule has 1 N–H and O–H groups in total. The monoisotopic (exact) mass is 212 g/mol. The van der Waals surface area contributed by atoms with E-state index in [9.17, 15) is 4.79 Å². The summed E-state index contributed by atoms with van der Waals surface area (Å²) in [7, 11) is 0. The van der Waals surface area contributed by atoms with Crippen LogP contribution in [-0.2, 0) is 9.53 Å². The van der Waals surface area contributed by atoms with Crippen LogP contribution >= 0.6 is 0 Å². The summed E-state index contributed by atoms with van der Waals surface area (Å²) in [6.07, 6.45) is 3.98. The quantitative estimate of drug-likeness (QED) is 0.729. The molecule has 1 aliphatic heterocycles. The van der Waals surface area contributed by atoms with Crippen LogP contribution in [0.25, 0.3) is 0 Å². The van der Waals surface area contributed by atoms with Gasteiger partial charge in [0.25, 0.3) is 0 Å². The van der Waals surface area contributed by atoms with E-state index in [2.05, 4.69) is 6.58 Å². The molecule has 0 saturated carbocycles. The Bertz CT molecular complexity index is 270. The molecule has 0 spiro atoms. The minimum absolute atomic E-state index is 0.0408. The van der Waals surface area contributed by atoms with Crippen LogP contribution in [-0.4, -0.2) is 22.8 Å². The van der Waals surface area contributed by atoms with E-state index < -0.39 is 11.4 Å². The number of carboxylic acids is 1. The Morgan fingerprint density at radius 2 is 2.33 bits per heavy atom.